The molecule has 2 N–H and O–H groups in total. The summed E-state index contributed by atoms with van der Waals surface area (Å²) in [6.45, 7) is 6.04. The summed E-state index contributed by atoms with van der Waals surface area (Å²) in [5, 5.41) is 6.09. The Bertz CT molecular complexity index is 853. The first kappa shape index (κ1) is 18.2. The molecular formula is C21H25N3O2S. The molecule has 3 saturated heterocycles. The van der Waals surface area contributed by atoms with Gasteiger partial charge >= 0.3 is 0 Å². The van der Waals surface area contributed by atoms with E-state index < -0.39 is 0 Å². The van der Waals surface area contributed by atoms with Crippen LogP contribution in [-0.2, 0) is 4.79 Å². The molecule has 2 atom stereocenters. The van der Waals surface area contributed by atoms with Crippen molar-refractivity contribution in [3.05, 3.63) is 41.3 Å². The molecule has 3 fully saturated rings. The number of piperidine rings is 3. The lowest BCUT2D eigenvalue weighted by Gasteiger charge is -2.49. The topological polar surface area (TPSA) is 61.4 Å². The smallest absolute Gasteiger partial charge is 0.261 e. The van der Waals surface area contributed by atoms with E-state index in [2.05, 4.69) is 22.5 Å². The maximum Gasteiger partial charge on any atom is 0.261 e. The van der Waals surface area contributed by atoms with Gasteiger partial charge < -0.3 is 10.6 Å². The standard InChI is InChI=1S/C21H25N3O2S/c1-13-20(15-8-10-24(13)11-9-15)23-21(26)19-7-6-18(27-19)16-4-3-5-17(12-16)22-14(2)25/h3-7,12-13,15,20H,8-11H2,1-2H3,(H,22,25)(H,23,26)/t13-,20-/m0/s1. The average molecular weight is 384 g/mol. The molecule has 0 unspecified atom stereocenters. The predicted octanol–water partition coefficient (Wildman–Crippen LogP) is 3.59. The second-order valence-corrected chi connectivity index (χ2v) is 8.62. The normalized spacial score (nSPS) is 26.6. The molecule has 2 aromatic rings. The minimum absolute atomic E-state index is 0.0230. The Kier molecular flexibility index (Phi) is 5.02. The molecule has 0 aliphatic carbocycles. The zero-order valence-corrected chi connectivity index (χ0v) is 16.5. The highest BCUT2D eigenvalue weighted by Gasteiger charge is 2.40. The van der Waals surface area contributed by atoms with Gasteiger partial charge in [0.15, 0.2) is 0 Å². The van der Waals surface area contributed by atoms with Gasteiger partial charge in [-0.2, -0.15) is 0 Å². The van der Waals surface area contributed by atoms with Crippen LogP contribution in [0.3, 0.4) is 0 Å². The van der Waals surface area contributed by atoms with Gasteiger partial charge in [0, 0.05) is 29.6 Å². The monoisotopic (exact) mass is 383 g/mol. The summed E-state index contributed by atoms with van der Waals surface area (Å²) in [7, 11) is 0. The molecule has 27 heavy (non-hydrogen) atoms. The SMILES string of the molecule is CC(=O)Nc1cccc(-c2ccc(C(=O)N[C@@H]3C4CCN(CC4)[C@H]3C)s2)c1. The van der Waals surface area contributed by atoms with Crippen LogP contribution in [0.15, 0.2) is 36.4 Å². The van der Waals surface area contributed by atoms with Crippen molar-refractivity contribution in [3.63, 3.8) is 0 Å². The van der Waals surface area contributed by atoms with Crippen LogP contribution in [0, 0.1) is 5.92 Å². The number of hydrogen-bond acceptors (Lipinski definition) is 4. The van der Waals surface area contributed by atoms with E-state index in [1.54, 1.807) is 0 Å². The Labute approximate surface area is 163 Å². The van der Waals surface area contributed by atoms with Crippen LogP contribution in [0.1, 0.15) is 36.4 Å². The molecule has 2 amide bonds. The van der Waals surface area contributed by atoms with E-state index >= 15 is 0 Å². The molecule has 0 saturated carbocycles. The van der Waals surface area contributed by atoms with Crippen LogP contribution >= 0.6 is 11.3 Å². The Morgan fingerprint density at radius 1 is 1.15 bits per heavy atom. The molecule has 3 aliphatic rings. The van der Waals surface area contributed by atoms with Crippen molar-refractivity contribution in [2.75, 3.05) is 18.4 Å². The molecule has 3 aliphatic heterocycles. The van der Waals surface area contributed by atoms with Crippen molar-refractivity contribution in [2.24, 2.45) is 5.92 Å². The summed E-state index contributed by atoms with van der Waals surface area (Å²) in [4.78, 5) is 28.3. The molecule has 6 heteroatoms. The Hall–Kier alpha value is -2.18. The van der Waals surface area contributed by atoms with Gasteiger partial charge in [-0.3, -0.25) is 14.5 Å². The molecule has 0 spiro atoms. The Balaban J connectivity index is 1.48. The highest BCUT2D eigenvalue weighted by atomic mass is 32.1. The summed E-state index contributed by atoms with van der Waals surface area (Å²) < 4.78 is 0. The van der Waals surface area contributed by atoms with Gasteiger partial charge in [0.1, 0.15) is 0 Å². The van der Waals surface area contributed by atoms with E-state index in [0.717, 1.165) is 34.1 Å². The summed E-state index contributed by atoms with van der Waals surface area (Å²) in [5.74, 6) is 0.530. The highest BCUT2D eigenvalue weighted by Crippen LogP contribution is 2.33. The zero-order chi connectivity index (χ0) is 19.0. The lowest BCUT2D eigenvalue weighted by molar-refractivity contribution is -0.114. The van der Waals surface area contributed by atoms with E-state index in [0.29, 0.717) is 12.0 Å². The lowest BCUT2D eigenvalue weighted by Crippen LogP contribution is -2.62. The Morgan fingerprint density at radius 2 is 1.93 bits per heavy atom. The third-order valence-corrected chi connectivity index (χ3v) is 6.91. The maximum absolute atomic E-state index is 12.8. The fourth-order valence-electron chi connectivity index (χ4n) is 4.34. The predicted molar refractivity (Wildman–Crippen MR) is 109 cm³/mol. The minimum Gasteiger partial charge on any atom is -0.347 e. The number of benzene rings is 1. The molecule has 5 rings (SSSR count). The summed E-state index contributed by atoms with van der Waals surface area (Å²) >= 11 is 1.49. The maximum atomic E-state index is 12.8. The van der Waals surface area contributed by atoms with Gasteiger partial charge in [-0.05, 0) is 68.6 Å². The van der Waals surface area contributed by atoms with Gasteiger partial charge in [-0.1, -0.05) is 12.1 Å². The number of carbonyl (C=O) groups excluding carboxylic acids is 2. The fourth-order valence-corrected chi connectivity index (χ4v) is 5.24. The van der Waals surface area contributed by atoms with Crippen LogP contribution in [0.4, 0.5) is 5.69 Å². The number of anilines is 1. The number of carbonyl (C=O) groups is 2. The van der Waals surface area contributed by atoms with Gasteiger partial charge in [0.05, 0.1) is 4.88 Å². The first-order chi connectivity index (χ1) is 13.0. The Morgan fingerprint density at radius 3 is 2.63 bits per heavy atom. The lowest BCUT2D eigenvalue weighted by atomic mass is 9.79. The van der Waals surface area contributed by atoms with E-state index in [4.69, 9.17) is 0 Å². The largest absolute Gasteiger partial charge is 0.347 e. The van der Waals surface area contributed by atoms with Crippen LogP contribution in [0.2, 0.25) is 0 Å². The van der Waals surface area contributed by atoms with Gasteiger partial charge in [-0.25, -0.2) is 0 Å². The molecule has 4 heterocycles. The van der Waals surface area contributed by atoms with E-state index in [9.17, 15) is 9.59 Å². The van der Waals surface area contributed by atoms with Crippen molar-refractivity contribution < 1.29 is 9.59 Å². The molecule has 1 aromatic carbocycles. The number of thiophene rings is 1. The third kappa shape index (κ3) is 3.77. The first-order valence-electron chi connectivity index (χ1n) is 9.54. The zero-order valence-electron chi connectivity index (χ0n) is 15.7. The van der Waals surface area contributed by atoms with Gasteiger partial charge in [0.25, 0.3) is 5.91 Å². The first-order valence-corrected chi connectivity index (χ1v) is 10.4. The number of amides is 2. The molecule has 142 valence electrons. The van der Waals surface area contributed by atoms with Gasteiger partial charge in [0.2, 0.25) is 5.91 Å². The number of nitrogens with one attached hydrogen (secondary N) is 2. The summed E-state index contributed by atoms with van der Waals surface area (Å²) in [6.07, 6.45) is 2.36. The number of fused-ring (bicyclic) bond motifs is 3. The van der Waals surface area contributed by atoms with Crippen molar-refractivity contribution in [1.82, 2.24) is 10.2 Å². The molecule has 1 aromatic heterocycles. The van der Waals surface area contributed by atoms with E-state index in [1.165, 1.54) is 31.1 Å². The van der Waals surface area contributed by atoms with Crippen molar-refractivity contribution in [2.45, 2.75) is 38.8 Å². The molecule has 2 bridgehead atoms. The van der Waals surface area contributed by atoms with Crippen LogP contribution in [0.5, 0.6) is 0 Å². The third-order valence-electron chi connectivity index (χ3n) is 5.77. The summed E-state index contributed by atoms with van der Waals surface area (Å²) in [6, 6.07) is 12.2. The molecule has 0 radical (unpaired) electrons. The summed E-state index contributed by atoms with van der Waals surface area (Å²) in [5.41, 5.74) is 1.77. The number of hydrogen-bond donors (Lipinski definition) is 2. The van der Waals surface area contributed by atoms with Crippen LogP contribution in [-0.4, -0.2) is 41.9 Å². The molecular weight excluding hydrogens is 358 g/mol. The van der Waals surface area contributed by atoms with Crippen LogP contribution in [0.25, 0.3) is 10.4 Å². The molecule has 5 nitrogen and oxygen atoms in total. The number of nitrogens with zero attached hydrogens (tertiary/aromatic N) is 1. The second-order valence-electron chi connectivity index (χ2n) is 7.54. The van der Waals surface area contributed by atoms with Crippen LogP contribution < -0.4 is 10.6 Å². The van der Waals surface area contributed by atoms with Crippen molar-refractivity contribution in [3.8, 4) is 10.4 Å². The van der Waals surface area contributed by atoms with Gasteiger partial charge in [-0.15, -0.1) is 11.3 Å². The highest BCUT2D eigenvalue weighted by molar-refractivity contribution is 7.17. The minimum atomic E-state index is -0.0926. The van der Waals surface area contributed by atoms with E-state index in [1.807, 2.05) is 36.4 Å². The van der Waals surface area contributed by atoms with E-state index in [-0.39, 0.29) is 17.9 Å². The number of rotatable bonds is 4. The fraction of sp³-hybridized carbons (Fsp3) is 0.429. The second kappa shape index (κ2) is 7.44. The van der Waals surface area contributed by atoms with Crippen molar-refractivity contribution >= 4 is 28.8 Å². The van der Waals surface area contributed by atoms with Crippen molar-refractivity contribution in [1.29, 1.82) is 0 Å². The average Bonchev–Trinajstić information content (AvgIpc) is 3.15. The quantitative estimate of drug-likeness (QED) is 0.848.